The Bertz CT molecular complexity index is 1050. The summed E-state index contributed by atoms with van der Waals surface area (Å²) in [5.74, 6) is 2.05. The standard InChI is InChI=1S/C22H20ClNO5S/c1-26-18-6-5-14(8-19(18)27-2)11-24(12-16-4-3-7-30-16)22(25)15-9-17(23)21-20(10-15)28-13-29-21/h3-10H,11-13H2,1-2H3. The molecular weight excluding hydrogens is 426 g/mol. The molecule has 30 heavy (non-hydrogen) atoms. The van der Waals surface area contributed by atoms with Crippen LogP contribution in [0.15, 0.2) is 47.8 Å². The number of hydrogen-bond acceptors (Lipinski definition) is 6. The summed E-state index contributed by atoms with van der Waals surface area (Å²) in [6.07, 6.45) is 0. The number of benzene rings is 2. The monoisotopic (exact) mass is 445 g/mol. The molecule has 0 saturated carbocycles. The molecular formula is C22H20ClNO5S. The van der Waals surface area contributed by atoms with Gasteiger partial charge in [0.1, 0.15) is 0 Å². The van der Waals surface area contributed by atoms with Gasteiger partial charge >= 0.3 is 0 Å². The van der Waals surface area contributed by atoms with E-state index in [4.69, 9.17) is 30.5 Å². The Labute approximate surface area is 183 Å². The molecule has 0 fully saturated rings. The van der Waals surface area contributed by atoms with Gasteiger partial charge in [0.2, 0.25) is 6.79 Å². The van der Waals surface area contributed by atoms with Crippen LogP contribution in [-0.4, -0.2) is 31.8 Å². The zero-order chi connectivity index (χ0) is 21.1. The van der Waals surface area contributed by atoms with Crippen molar-refractivity contribution < 1.29 is 23.7 Å². The van der Waals surface area contributed by atoms with Crippen molar-refractivity contribution in [2.45, 2.75) is 13.1 Å². The Morgan fingerprint density at radius 1 is 1.10 bits per heavy atom. The molecule has 2 aromatic carbocycles. The second-order valence-corrected chi connectivity index (χ2v) is 8.06. The number of methoxy groups -OCH3 is 2. The summed E-state index contributed by atoms with van der Waals surface area (Å²) in [5, 5.41) is 2.35. The highest BCUT2D eigenvalue weighted by Gasteiger charge is 2.24. The maximum absolute atomic E-state index is 13.4. The van der Waals surface area contributed by atoms with Gasteiger partial charge in [0.05, 0.1) is 25.8 Å². The van der Waals surface area contributed by atoms with Crippen LogP contribution in [0.3, 0.4) is 0 Å². The van der Waals surface area contributed by atoms with Crippen molar-refractivity contribution in [1.29, 1.82) is 0 Å². The largest absolute Gasteiger partial charge is 0.493 e. The molecule has 0 N–H and O–H groups in total. The number of fused-ring (bicyclic) bond motifs is 1. The van der Waals surface area contributed by atoms with E-state index < -0.39 is 0 Å². The van der Waals surface area contributed by atoms with Crippen LogP contribution in [0.2, 0.25) is 5.02 Å². The average molecular weight is 446 g/mol. The van der Waals surface area contributed by atoms with Crippen LogP contribution in [0.4, 0.5) is 0 Å². The Morgan fingerprint density at radius 2 is 1.93 bits per heavy atom. The summed E-state index contributed by atoms with van der Waals surface area (Å²) in [7, 11) is 3.18. The predicted molar refractivity (Wildman–Crippen MR) is 115 cm³/mol. The van der Waals surface area contributed by atoms with Crippen molar-refractivity contribution in [2.24, 2.45) is 0 Å². The first kappa shape index (κ1) is 20.4. The molecule has 1 aliphatic rings. The Kier molecular flexibility index (Phi) is 6.01. The first-order valence-corrected chi connectivity index (χ1v) is 10.5. The van der Waals surface area contributed by atoms with Crippen molar-refractivity contribution >= 4 is 28.8 Å². The van der Waals surface area contributed by atoms with Gasteiger partial charge in [0.15, 0.2) is 23.0 Å². The van der Waals surface area contributed by atoms with Crippen LogP contribution in [0, 0.1) is 0 Å². The van der Waals surface area contributed by atoms with Crippen LogP contribution in [0.1, 0.15) is 20.8 Å². The lowest BCUT2D eigenvalue weighted by Crippen LogP contribution is -2.29. The fourth-order valence-corrected chi connectivity index (χ4v) is 4.25. The zero-order valence-electron chi connectivity index (χ0n) is 16.5. The molecule has 6 nitrogen and oxygen atoms in total. The van der Waals surface area contributed by atoms with E-state index in [1.165, 1.54) is 0 Å². The molecule has 2 heterocycles. The highest BCUT2D eigenvalue weighted by atomic mass is 35.5. The van der Waals surface area contributed by atoms with Crippen molar-refractivity contribution in [3.05, 3.63) is 68.9 Å². The molecule has 3 aromatic rings. The molecule has 0 unspecified atom stereocenters. The van der Waals surface area contributed by atoms with Crippen LogP contribution in [-0.2, 0) is 13.1 Å². The van der Waals surface area contributed by atoms with E-state index in [0.717, 1.165) is 10.4 Å². The number of halogens is 1. The summed E-state index contributed by atoms with van der Waals surface area (Å²) >= 11 is 7.90. The van der Waals surface area contributed by atoms with Gasteiger partial charge in [0, 0.05) is 17.0 Å². The number of thiophene rings is 1. The minimum absolute atomic E-state index is 0.0945. The van der Waals surface area contributed by atoms with E-state index in [-0.39, 0.29) is 12.7 Å². The number of rotatable bonds is 7. The summed E-state index contributed by atoms with van der Waals surface area (Å²) in [5.41, 5.74) is 1.37. The van der Waals surface area contributed by atoms with Gasteiger partial charge < -0.3 is 23.8 Å². The number of hydrogen-bond donors (Lipinski definition) is 0. The van der Waals surface area contributed by atoms with Gasteiger partial charge in [-0.1, -0.05) is 23.7 Å². The molecule has 1 aromatic heterocycles. The zero-order valence-corrected chi connectivity index (χ0v) is 18.1. The number of carbonyl (C=O) groups is 1. The van der Waals surface area contributed by atoms with Crippen LogP contribution in [0.5, 0.6) is 23.0 Å². The van der Waals surface area contributed by atoms with E-state index in [2.05, 4.69) is 0 Å². The van der Waals surface area contributed by atoms with Crippen molar-refractivity contribution in [1.82, 2.24) is 4.90 Å². The average Bonchev–Trinajstić information content (AvgIpc) is 3.44. The van der Waals surface area contributed by atoms with E-state index >= 15 is 0 Å². The third-order valence-electron chi connectivity index (χ3n) is 4.71. The smallest absolute Gasteiger partial charge is 0.254 e. The lowest BCUT2D eigenvalue weighted by atomic mass is 10.1. The third kappa shape index (κ3) is 4.17. The molecule has 1 amide bonds. The Balaban J connectivity index is 1.65. The summed E-state index contributed by atoms with van der Waals surface area (Å²) < 4.78 is 21.5. The predicted octanol–water partition coefficient (Wildman–Crippen LogP) is 4.99. The van der Waals surface area contributed by atoms with E-state index in [1.54, 1.807) is 42.6 Å². The molecule has 1 aliphatic heterocycles. The van der Waals surface area contributed by atoms with Gasteiger partial charge in [0.25, 0.3) is 5.91 Å². The van der Waals surface area contributed by atoms with E-state index in [1.807, 2.05) is 35.7 Å². The van der Waals surface area contributed by atoms with Crippen LogP contribution < -0.4 is 18.9 Å². The molecule has 156 valence electrons. The van der Waals surface area contributed by atoms with Crippen LogP contribution >= 0.6 is 22.9 Å². The van der Waals surface area contributed by atoms with E-state index in [0.29, 0.717) is 46.7 Å². The minimum atomic E-state index is -0.154. The van der Waals surface area contributed by atoms with Crippen molar-refractivity contribution in [2.75, 3.05) is 21.0 Å². The SMILES string of the molecule is COc1ccc(CN(Cc2cccs2)C(=O)c2cc(Cl)c3c(c2)OCO3)cc1OC. The summed E-state index contributed by atoms with van der Waals surface area (Å²) in [4.78, 5) is 16.3. The first-order valence-electron chi connectivity index (χ1n) is 9.20. The van der Waals surface area contributed by atoms with Crippen LogP contribution in [0.25, 0.3) is 0 Å². The second kappa shape index (κ2) is 8.85. The number of ether oxygens (including phenoxy) is 4. The highest BCUT2D eigenvalue weighted by molar-refractivity contribution is 7.09. The maximum atomic E-state index is 13.4. The fourth-order valence-electron chi connectivity index (χ4n) is 3.26. The van der Waals surface area contributed by atoms with Crippen molar-refractivity contribution in [3.8, 4) is 23.0 Å². The van der Waals surface area contributed by atoms with E-state index in [9.17, 15) is 4.79 Å². The molecule has 4 rings (SSSR count). The minimum Gasteiger partial charge on any atom is -0.493 e. The van der Waals surface area contributed by atoms with Gasteiger partial charge in [-0.15, -0.1) is 11.3 Å². The van der Waals surface area contributed by atoms with Gasteiger partial charge in [-0.2, -0.15) is 0 Å². The molecule has 0 saturated heterocycles. The molecule has 0 aliphatic carbocycles. The second-order valence-electron chi connectivity index (χ2n) is 6.62. The molecule has 0 radical (unpaired) electrons. The molecule has 0 atom stereocenters. The normalized spacial score (nSPS) is 12.0. The lowest BCUT2D eigenvalue weighted by molar-refractivity contribution is 0.0731. The van der Waals surface area contributed by atoms with Gasteiger partial charge in [-0.25, -0.2) is 0 Å². The third-order valence-corrected chi connectivity index (χ3v) is 5.85. The summed E-state index contributed by atoms with van der Waals surface area (Å²) in [6, 6.07) is 12.9. The quantitative estimate of drug-likeness (QED) is 0.512. The molecule has 0 spiro atoms. The first-order chi connectivity index (χ1) is 14.6. The molecule has 0 bridgehead atoms. The fraction of sp³-hybridized carbons (Fsp3) is 0.227. The lowest BCUT2D eigenvalue weighted by Gasteiger charge is -2.23. The van der Waals surface area contributed by atoms with Crippen molar-refractivity contribution in [3.63, 3.8) is 0 Å². The number of nitrogens with zero attached hydrogens (tertiary/aromatic N) is 1. The van der Waals surface area contributed by atoms with Gasteiger partial charge in [-0.3, -0.25) is 4.79 Å². The van der Waals surface area contributed by atoms with Gasteiger partial charge in [-0.05, 0) is 41.3 Å². The number of carbonyl (C=O) groups excluding carboxylic acids is 1. The maximum Gasteiger partial charge on any atom is 0.254 e. The summed E-state index contributed by atoms with van der Waals surface area (Å²) in [6.45, 7) is 0.956. The topological polar surface area (TPSA) is 57.2 Å². The molecule has 8 heteroatoms. The Morgan fingerprint density at radius 3 is 2.67 bits per heavy atom. The highest BCUT2D eigenvalue weighted by Crippen LogP contribution is 2.40. The Hall–Kier alpha value is -2.90. The number of amides is 1.